The van der Waals surface area contributed by atoms with E-state index in [0.717, 1.165) is 11.1 Å². The molecule has 9 nitrogen and oxygen atoms in total. The lowest BCUT2D eigenvalue weighted by molar-refractivity contribution is -0.277. The summed E-state index contributed by atoms with van der Waals surface area (Å²) >= 11 is 0. The molecule has 1 saturated heterocycles. The number of rotatable bonds is 6. The van der Waals surface area contributed by atoms with Crippen LogP contribution in [0.2, 0.25) is 0 Å². The van der Waals surface area contributed by atoms with E-state index in [1.807, 2.05) is 0 Å². The Kier molecular flexibility index (Phi) is 6.54. The van der Waals surface area contributed by atoms with Crippen LogP contribution in [-0.2, 0) is 14.8 Å². The molecule has 0 unspecified atom stereocenters. The molecule has 3 rings (SSSR count). The van der Waals surface area contributed by atoms with Gasteiger partial charge in [-0.2, -0.15) is 0 Å². The van der Waals surface area contributed by atoms with E-state index in [1.54, 1.807) is 36.4 Å². The predicted octanol–water partition coefficient (Wildman–Crippen LogP) is -0.560. The second kappa shape index (κ2) is 8.76. The zero-order valence-corrected chi connectivity index (χ0v) is 16.4. The summed E-state index contributed by atoms with van der Waals surface area (Å²) in [5.41, 5.74) is 1.60. The fourth-order valence-corrected chi connectivity index (χ4v) is 3.70. The SMILES string of the molecule is CNS(=O)(=O)c1ccc(-c2ccc(O[C@H]3O[C@H](CO)[C@@H](O)[C@H](O)[C@@H]3O)cc2)cc1. The number of hydrogen-bond donors (Lipinski definition) is 5. The minimum Gasteiger partial charge on any atom is -0.462 e. The zero-order chi connectivity index (χ0) is 21.2. The summed E-state index contributed by atoms with van der Waals surface area (Å²) in [4.78, 5) is 0.159. The third-order valence-electron chi connectivity index (χ3n) is 4.72. The molecule has 0 aromatic heterocycles. The van der Waals surface area contributed by atoms with Gasteiger partial charge in [0.25, 0.3) is 0 Å². The maximum atomic E-state index is 11.8. The van der Waals surface area contributed by atoms with E-state index < -0.39 is 47.3 Å². The molecule has 5 atom stereocenters. The van der Waals surface area contributed by atoms with Crippen molar-refractivity contribution in [3.8, 4) is 16.9 Å². The van der Waals surface area contributed by atoms with E-state index in [1.165, 1.54) is 19.2 Å². The molecule has 5 N–H and O–H groups in total. The number of aliphatic hydroxyl groups excluding tert-OH is 4. The van der Waals surface area contributed by atoms with Crippen molar-refractivity contribution in [3.63, 3.8) is 0 Å². The van der Waals surface area contributed by atoms with Gasteiger partial charge in [-0.3, -0.25) is 0 Å². The van der Waals surface area contributed by atoms with Gasteiger partial charge in [-0.15, -0.1) is 0 Å². The average Bonchev–Trinajstić information content (AvgIpc) is 2.74. The third-order valence-corrected chi connectivity index (χ3v) is 6.15. The van der Waals surface area contributed by atoms with Crippen molar-refractivity contribution in [1.29, 1.82) is 0 Å². The summed E-state index contributed by atoms with van der Waals surface area (Å²) in [6.45, 7) is -0.539. The molecule has 1 heterocycles. The van der Waals surface area contributed by atoms with Gasteiger partial charge in [-0.1, -0.05) is 24.3 Å². The van der Waals surface area contributed by atoms with Gasteiger partial charge in [0, 0.05) is 0 Å². The summed E-state index contributed by atoms with van der Waals surface area (Å²) < 4.78 is 36.7. The van der Waals surface area contributed by atoms with Gasteiger partial charge in [-0.25, -0.2) is 13.1 Å². The average molecular weight is 425 g/mol. The molecular weight excluding hydrogens is 402 g/mol. The van der Waals surface area contributed by atoms with Crippen LogP contribution >= 0.6 is 0 Å². The lowest BCUT2D eigenvalue weighted by atomic mass is 9.99. The number of nitrogens with one attached hydrogen (secondary N) is 1. The largest absolute Gasteiger partial charge is 0.462 e. The van der Waals surface area contributed by atoms with Crippen molar-refractivity contribution >= 4 is 10.0 Å². The first kappa shape index (κ1) is 21.7. The van der Waals surface area contributed by atoms with Gasteiger partial charge in [0.2, 0.25) is 16.3 Å². The molecule has 1 aliphatic rings. The summed E-state index contributed by atoms with van der Waals surface area (Å²) in [6, 6.07) is 13.1. The van der Waals surface area contributed by atoms with Crippen LogP contribution in [0.25, 0.3) is 11.1 Å². The van der Waals surface area contributed by atoms with Gasteiger partial charge in [0.15, 0.2) is 0 Å². The second-order valence-electron chi connectivity index (χ2n) is 6.57. The number of aliphatic hydroxyl groups is 4. The molecule has 0 spiro atoms. The molecule has 1 fully saturated rings. The van der Waals surface area contributed by atoms with Crippen molar-refractivity contribution in [3.05, 3.63) is 48.5 Å². The van der Waals surface area contributed by atoms with Crippen LogP contribution in [0, 0.1) is 0 Å². The Bertz CT molecular complexity index is 914. The Morgan fingerprint density at radius 3 is 2.00 bits per heavy atom. The van der Waals surface area contributed by atoms with Crippen molar-refractivity contribution in [1.82, 2.24) is 4.72 Å². The Labute approximate surface area is 168 Å². The number of sulfonamides is 1. The van der Waals surface area contributed by atoms with Crippen molar-refractivity contribution in [2.75, 3.05) is 13.7 Å². The van der Waals surface area contributed by atoms with Gasteiger partial charge >= 0.3 is 0 Å². The summed E-state index contributed by atoms with van der Waals surface area (Å²) in [6.07, 6.45) is -6.77. The molecule has 0 aliphatic carbocycles. The Hall–Kier alpha value is -2.05. The van der Waals surface area contributed by atoms with Gasteiger partial charge < -0.3 is 29.9 Å². The number of ether oxygens (including phenoxy) is 2. The summed E-state index contributed by atoms with van der Waals surface area (Å²) in [7, 11) is -2.16. The second-order valence-corrected chi connectivity index (χ2v) is 8.46. The Morgan fingerprint density at radius 1 is 0.931 bits per heavy atom. The van der Waals surface area contributed by atoms with Crippen LogP contribution in [0.5, 0.6) is 5.75 Å². The van der Waals surface area contributed by atoms with Crippen LogP contribution < -0.4 is 9.46 Å². The molecule has 0 radical (unpaired) electrons. The van der Waals surface area contributed by atoms with Crippen molar-refractivity contribution in [2.24, 2.45) is 0 Å². The minimum atomic E-state index is -3.50. The molecule has 1 aliphatic heterocycles. The standard InChI is InChI=1S/C19H23NO8S/c1-20-29(25,26)14-8-4-12(5-9-14)11-2-6-13(7-3-11)27-19-18(24)17(23)16(22)15(10-21)28-19/h2-9,15-24H,10H2,1H3/t15-,16-,17+,18+,19+/m1/s1. The van der Waals surface area contributed by atoms with Gasteiger partial charge in [0.1, 0.15) is 30.2 Å². The first-order chi connectivity index (χ1) is 13.8. The smallest absolute Gasteiger partial charge is 0.240 e. The quantitative estimate of drug-likeness (QED) is 0.414. The van der Waals surface area contributed by atoms with Crippen LogP contribution in [0.4, 0.5) is 0 Å². The lowest BCUT2D eigenvalue weighted by Gasteiger charge is -2.39. The maximum Gasteiger partial charge on any atom is 0.240 e. The Balaban J connectivity index is 1.72. The molecule has 2 aromatic rings. The first-order valence-electron chi connectivity index (χ1n) is 8.88. The summed E-state index contributed by atoms with van der Waals surface area (Å²) in [5, 5.41) is 38.9. The van der Waals surface area contributed by atoms with Crippen LogP contribution in [0.3, 0.4) is 0 Å². The van der Waals surface area contributed by atoms with E-state index in [0.29, 0.717) is 5.75 Å². The highest BCUT2D eigenvalue weighted by molar-refractivity contribution is 7.89. The number of hydrogen-bond acceptors (Lipinski definition) is 8. The molecule has 2 aromatic carbocycles. The highest BCUT2D eigenvalue weighted by Crippen LogP contribution is 2.27. The molecule has 0 bridgehead atoms. The highest BCUT2D eigenvalue weighted by atomic mass is 32.2. The maximum absolute atomic E-state index is 11.8. The van der Waals surface area contributed by atoms with E-state index in [2.05, 4.69) is 4.72 Å². The van der Waals surface area contributed by atoms with Gasteiger partial charge in [0.05, 0.1) is 11.5 Å². The monoisotopic (exact) mass is 425 g/mol. The fraction of sp³-hybridized carbons (Fsp3) is 0.368. The van der Waals surface area contributed by atoms with E-state index in [9.17, 15) is 28.8 Å². The molecular formula is C19H23NO8S. The highest BCUT2D eigenvalue weighted by Gasteiger charge is 2.44. The van der Waals surface area contributed by atoms with Gasteiger partial charge in [-0.05, 0) is 42.4 Å². The first-order valence-corrected chi connectivity index (χ1v) is 10.4. The number of benzene rings is 2. The third kappa shape index (κ3) is 4.59. The van der Waals surface area contributed by atoms with Crippen molar-refractivity contribution in [2.45, 2.75) is 35.6 Å². The van der Waals surface area contributed by atoms with Crippen molar-refractivity contribution < 1.29 is 38.3 Å². The molecule has 0 amide bonds. The topological polar surface area (TPSA) is 146 Å². The molecule has 158 valence electrons. The molecule has 29 heavy (non-hydrogen) atoms. The molecule has 10 heteroatoms. The summed E-state index contributed by atoms with van der Waals surface area (Å²) in [5.74, 6) is 0.340. The normalized spacial score (nSPS) is 27.6. The van der Waals surface area contributed by atoms with Crippen LogP contribution in [0.1, 0.15) is 0 Å². The predicted molar refractivity (Wildman–Crippen MR) is 103 cm³/mol. The van der Waals surface area contributed by atoms with E-state index >= 15 is 0 Å². The van der Waals surface area contributed by atoms with E-state index in [-0.39, 0.29) is 4.90 Å². The minimum absolute atomic E-state index is 0.159. The van der Waals surface area contributed by atoms with Crippen LogP contribution in [-0.4, -0.2) is 73.2 Å². The Morgan fingerprint density at radius 2 is 1.48 bits per heavy atom. The van der Waals surface area contributed by atoms with Crippen LogP contribution in [0.15, 0.2) is 53.4 Å². The van der Waals surface area contributed by atoms with E-state index in [4.69, 9.17) is 9.47 Å². The molecule has 0 saturated carbocycles. The zero-order valence-electron chi connectivity index (χ0n) is 15.5. The fourth-order valence-electron chi connectivity index (χ4n) is 2.97. The lowest BCUT2D eigenvalue weighted by Crippen LogP contribution is -2.60.